The largest absolute Gasteiger partial charge is 0.493 e. The van der Waals surface area contributed by atoms with Gasteiger partial charge in [-0.3, -0.25) is 9.59 Å². The Kier molecular flexibility index (Phi) is 13.8. The van der Waals surface area contributed by atoms with Crippen LogP contribution in [0, 0.1) is 0 Å². The molecule has 3 rings (SSSR count). The first-order valence-electron chi connectivity index (χ1n) is 14.8. The molecule has 0 bridgehead atoms. The van der Waals surface area contributed by atoms with Crippen molar-refractivity contribution >= 4 is 29.9 Å². The van der Waals surface area contributed by atoms with E-state index < -0.39 is 12.0 Å². The molecule has 1 atom stereocenters. The van der Waals surface area contributed by atoms with Crippen LogP contribution in [0.3, 0.4) is 0 Å². The third-order valence-corrected chi connectivity index (χ3v) is 7.19. The van der Waals surface area contributed by atoms with E-state index in [1.165, 1.54) is 64.6 Å². The Morgan fingerprint density at radius 2 is 1.11 bits per heavy atom. The smallest absolute Gasteiger partial charge is 0.330 e. The molecular formula is C35H42N2O10. The predicted octanol–water partition coefficient (Wildman–Crippen LogP) is 4.18. The predicted molar refractivity (Wildman–Crippen MR) is 177 cm³/mol. The summed E-state index contributed by atoms with van der Waals surface area (Å²) in [6, 6.07) is 6.17. The second kappa shape index (κ2) is 17.9. The van der Waals surface area contributed by atoms with Crippen LogP contribution in [0.2, 0.25) is 0 Å². The number of allylic oxidation sites excluding steroid dienone is 4. The summed E-state index contributed by atoms with van der Waals surface area (Å²) < 4.78 is 37.5. The van der Waals surface area contributed by atoms with Gasteiger partial charge in [0.15, 0.2) is 23.0 Å². The first-order valence-corrected chi connectivity index (χ1v) is 14.8. The molecule has 1 heterocycles. The molecule has 0 aromatic heterocycles. The zero-order valence-electron chi connectivity index (χ0n) is 27.8. The van der Waals surface area contributed by atoms with E-state index in [1.807, 2.05) is 0 Å². The number of amides is 2. The van der Waals surface area contributed by atoms with Crippen molar-refractivity contribution in [2.24, 2.45) is 0 Å². The molecule has 2 amide bonds. The average molecular weight is 651 g/mol. The van der Waals surface area contributed by atoms with Crippen LogP contribution in [0.25, 0.3) is 12.2 Å². The minimum Gasteiger partial charge on any atom is -0.493 e. The molecule has 1 fully saturated rings. The SMILES string of the molecule is CCOC(=O)C1CN(C(=O)/C=C/C=C/c2cc(OC)c(OC)c(OC)c2)CCN1C(=O)/C=C/C=C/c1cc(OC)c(OC)c(OC)c1. The standard InChI is InChI=1S/C35H42N2O10/c1-8-47-35(40)26-23-36(31(38)15-11-9-13-24-19-27(41-2)33(45-6)28(20-24)42-3)17-18-37(26)32(39)16-12-10-14-25-21-29(43-4)34(46-7)30(22-25)44-5/h9-16,19-22,26H,8,17-18,23H2,1-7H3/b13-9+,14-10+,15-11+,16-12+. The van der Waals surface area contributed by atoms with Crippen molar-refractivity contribution in [3.63, 3.8) is 0 Å². The zero-order chi connectivity index (χ0) is 34.3. The van der Waals surface area contributed by atoms with Crippen LogP contribution in [0.15, 0.2) is 60.7 Å². The maximum atomic E-state index is 13.2. The molecular weight excluding hydrogens is 608 g/mol. The van der Waals surface area contributed by atoms with Gasteiger partial charge in [0, 0.05) is 25.2 Å². The van der Waals surface area contributed by atoms with Crippen molar-refractivity contribution in [2.75, 3.05) is 68.9 Å². The Morgan fingerprint density at radius 3 is 1.51 bits per heavy atom. The summed E-state index contributed by atoms with van der Waals surface area (Å²) in [7, 11) is 9.19. The maximum Gasteiger partial charge on any atom is 0.330 e. The molecule has 12 nitrogen and oxygen atoms in total. The number of carbonyl (C=O) groups is 3. The van der Waals surface area contributed by atoms with Crippen molar-refractivity contribution < 1.29 is 47.5 Å². The van der Waals surface area contributed by atoms with E-state index in [2.05, 4.69) is 0 Å². The van der Waals surface area contributed by atoms with Crippen molar-refractivity contribution in [1.29, 1.82) is 0 Å². The van der Waals surface area contributed by atoms with E-state index in [0.717, 1.165) is 11.1 Å². The molecule has 12 heteroatoms. The molecule has 1 saturated heterocycles. The van der Waals surface area contributed by atoms with Crippen molar-refractivity contribution in [3.05, 3.63) is 71.8 Å². The second-order valence-corrected chi connectivity index (χ2v) is 9.94. The van der Waals surface area contributed by atoms with E-state index in [1.54, 1.807) is 67.6 Å². The van der Waals surface area contributed by atoms with Gasteiger partial charge < -0.3 is 43.0 Å². The number of piperazine rings is 1. The number of methoxy groups -OCH3 is 6. The number of hydrogen-bond donors (Lipinski definition) is 0. The van der Waals surface area contributed by atoms with E-state index in [9.17, 15) is 14.4 Å². The Morgan fingerprint density at radius 1 is 0.660 bits per heavy atom. The molecule has 2 aromatic carbocycles. The number of carbonyl (C=O) groups excluding carboxylic acids is 3. The van der Waals surface area contributed by atoms with Gasteiger partial charge in [-0.15, -0.1) is 0 Å². The highest BCUT2D eigenvalue weighted by atomic mass is 16.5. The summed E-state index contributed by atoms with van der Waals surface area (Å²) in [6.07, 6.45) is 12.9. The van der Waals surface area contributed by atoms with Crippen molar-refractivity contribution in [1.82, 2.24) is 9.80 Å². The Balaban J connectivity index is 1.68. The second-order valence-electron chi connectivity index (χ2n) is 9.94. The number of hydrogen-bond acceptors (Lipinski definition) is 10. The summed E-state index contributed by atoms with van der Waals surface area (Å²) in [6.45, 7) is 2.23. The lowest BCUT2D eigenvalue weighted by molar-refractivity contribution is -0.158. The summed E-state index contributed by atoms with van der Waals surface area (Å²) >= 11 is 0. The first-order chi connectivity index (χ1) is 22.7. The molecule has 0 spiro atoms. The van der Waals surface area contributed by atoms with Crippen LogP contribution in [-0.4, -0.2) is 103 Å². The van der Waals surface area contributed by atoms with Gasteiger partial charge in [0.1, 0.15) is 6.04 Å². The highest BCUT2D eigenvalue weighted by Gasteiger charge is 2.36. The Hall–Kier alpha value is -5.39. The van der Waals surface area contributed by atoms with Crippen molar-refractivity contribution in [2.45, 2.75) is 13.0 Å². The minimum atomic E-state index is -0.952. The van der Waals surface area contributed by atoms with Gasteiger partial charge in [0.2, 0.25) is 23.3 Å². The monoisotopic (exact) mass is 650 g/mol. The van der Waals surface area contributed by atoms with Crippen LogP contribution in [0.5, 0.6) is 34.5 Å². The molecule has 1 unspecified atom stereocenters. The molecule has 0 saturated carbocycles. The fraction of sp³-hybridized carbons (Fsp3) is 0.343. The van der Waals surface area contributed by atoms with Gasteiger partial charge >= 0.3 is 5.97 Å². The third-order valence-electron chi connectivity index (χ3n) is 7.19. The van der Waals surface area contributed by atoms with E-state index in [4.69, 9.17) is 33.2 Å². The molecule has 252 valence electrons. The van der Waals surface area contributed by atoms with Crippen LogP contribution in [0.4, 0.5) is 0 Å². The van der Waals surface area contributed by atoms with Gasteiger partial charge in [-0.05, 0) is 42.3 Å². The lowest BCUT2D eigenvalue weighted by atomic mass is 10.1. The summed E-state index contributed by atoms with van der Waals surface area (Å²) in [5.41, 5.74) is 1.54. The van der Waals surface area contributed by atoms with Crippen LogP contribution >= 0.6 is 0 Å². The van der Waals surface area contributed by atoms with E-state index >= 15 is 0 Å². The fourth-order valence-electron chi connectivity index (χ4n) is 4.89. The molecule has 1 aliphatic heterocycles. The molecule has 1 aliphatic rings. The van der Waals surface area contributed by atoms with E-state index in [-0.39, 0.29) is 38.1 Å². The lowest BCUT2D eigenvalue weighted by Crippen LogP contribution is -2.59. The molecule has 2 aromatic rings. The van der Waals surface area contributed by atoms with Crippen LogP contribution in [0.1, 0.15) is 18.1 Å². The van der Waals surface area contributed by atoms with Crippen LogP contribution in [-0.2, 0) is 19.1 Å². The molecule has 47 heavy (non-hydrogen) atoms. The van der Waals surface area contributed by atoms with Gasteiger partial charge in [-0.25, -0.2) is 4.79 Å². The molecule has 0 aliphatic carbocycles. The summed E-state index contributed by atoms with van der Waals surface area (Å²) in [4.78, 5) is 42.0. The fourth-order valence-corrected chi connectivity index (χ4v) is 4.89. The number of ether oxygens (including phenoxy) is 7. The highest BCUT2D eigenvalue weighted by molar-refractivity contribution is 5.94. The highest BCUT2D eigenvalue weighted by Crippen LogP contribution is 2.39. The Labute approximate surface area is 275 Å². The minimum absolute atomic E-state index is 0.000540. The summed E-state index contributed by atoms with van der Waals surface area (Å²) in [5, 5.41) is 0. The Bertz CT molecular complexity index is 1480. The molecule has 0 radical (unpaired) electrons. The molecule has 0 N–H and O–H groups in total. The normalized spacial score (nSPS) is 15.0. The lowest BCUT2D eigenvalue weighted by Gasteiger charge is -2.39. The van der Waals surface area contributed by atoms with Crippen molar-refractivity contribution in [3.8, 4) is 34.5 Å². The van der Waals surface area contributed by atoms with Crippen LogP contribution < -0.4 is 28.4 Å². The zero-order valence-corrected chi connectivity index (χ0v) is 27.8. The number of benzene rings is 2. The first kappa shape index (κ1) is 36.1. The van der Waals surface area contributed by atoms with E-state index in [0.29, 0.717) is 34.5 Å². The average Bonchev–Trinajstić information content (AvgIpc) is 3.10. The maximum absolute atomic E-state index is 13.2. The quantitative estimate of drug-likeness (QED) is 0.167. The van der Waals surface area contributed by atoms with Gasteiger partial charge in [-0.1, -0.05) is 36.5 Å². The number of nitrogens with zero attached hydrogens (tertiary/aromatic N) is 2. The number of esters is 1. The topological polar surface area (TPSA) is 122 Å². The van der Waals surface area contributed by atoms with Gasteiger partial charge in [0.05, 0.1) is 55.8 Å². The number of rotatable bonds is 14. The summed E-state index contributed by atoms with van der Waals surface area (Å²) in [5.74, 6) is 1.71. The van der Waals surface area contributed by atoms with Gasteiger partial charge in [-0.2, -0.15) is 0 Å². The van der Waals surface area contributed by atoms with Gasteiger partial charge in [0.25, 0.3) is 0 Å². The third kappa shape index (κ3) is 9.32.